The predicted octanol–water partition coefficient (Wildman–Crippen LogP) is 6.72. The molecule has 0 spiro atoms. The van der Waals surface area contributed by atoms with Gasteiger partial charge in [-0.25, -0.2) is 22.8 Å². The number of fused-ring (bicyclic) bond motifs is 2. The van der Waals surface area contributed by atoms with Crippen LogP contribution in [0.3, 0.4) is 0 Å². The molecule has 0 bridgehead atoms. The molecule has 6 rings (SSSR count). The van der Waals surface area contributed by atoms with Crippen molar-refractivity contribution >= 4 is 45.3 Å². The Balaban J connectivity index is 1.61. The fraction of sp³-hybridized carbons (Fsp3) is 0.333. The Hall–Kier alpha value is -5.03. The van der Waals surface area contributed by atoms with Gasteiger partial charge in [0.05, 0.1) is 34.3 Å². The monoisotopic (exact) mass is 825 g/mol. The van der Waals surface area contributed by atoms with Gasteiger partial charge in [0.2, 0.25) is 0 Å². The maximum atomic E-state index is 15.4. The number of benzene rings is 2. The van der Waals surface area contributed by atoms with E-state index in [1.165, 1.54) is 36.1 Å². The molecule has 1 amide bonds. The van der Waals surface area contributed by atoms with E-state index in [0.717, 1.165) is 19.1 Å². The molecule has 20 heteroatoms. The lowest BCUT2D eigenvalue weighted by atomic mass is 9.93. The number of hydrogen-bond acceptors (Lipinski definition) is 7. The number of carbonyl (C=O) groups is 1. The number of halogens is 8. The van der Waals surface area contributed by atoms with Crippen molar-refractivity contribution in [3.8, 4) is 23.0 Å². The minimum absolute atomic E-state index is 0.0486. The van der Waals surface area contributed by atoms with Crippen LogP contribution in [0, 0.1) is 23.5 Å². The summed E-state index contributed by atoms with van der Waals surface area (Å²) >= 11 is 6.58. The van der Waals surface area contributed by atoms with E-state index in [1.807, 2.05) is 0 Å². The van der Waals surface area contributed by atoms with Gasteiger partial charge < -0.3 is 15.5 Å². The van der Waals surface area contributed by atoms with Gasteiger partial charge in [-0.3, -0.25) is 9.40 Å². The molecule has 3 heterocycles. The van der Waals surface area contributed by atoms with Crippen molar-refractivity contribution in [2.75, 3.05) is 17.6 Å². The summed E-state index contributed by atoms with van der Waals surface area (Å²) in [7, 11) is -0.0549. The predicted molar refractivity (Wildman–Crippen MR) is 192 cm³/mol. The molecular weight excluding hydrogens is 795 g/mol. The van der Waals surface area contributed by atoms with Gasteiger partial charge >= 0.3 is 12.2 Å². The molecule has 11 nitrogen and oxygen atoms in total. The van der Waals surface area contributed by atoms with E-state index in [4.69, 9.17) is 11.6 Å². The highest BCUT2D eigenvalue weighted by molar-refractivity contribution is 7.85. The number of alkyl halides is 5. The minimum atomic E-state index is -5.21. The fourth-order valence-corrected chi connectivity index (χ4v) is 7.32. The first kappa shape index (κ1) is 40.6. The number of hydrogen-bond donors (Lipinski definition) is 4. The van der Waals surface area contributed by atoms with Crippen molar-refractivity contribution in [2.24, 2.45) is 7.05 Å². The van der Waals surface area contributed by atoms with Crippen molar-refractivity contribution in [2.45, 2.75) is 56.3 Å². The zero-order valence-electron chi connectivity index (χ0n) is 29.7. The second kappa shape index (κ2) is 14.8. The number of nitrogens with one attached hydrogen (secondary N) is 2. The molecule has 2 aromatic carbocycles. The van der Waals surface area contributed by atoms with Crippen molar-refractivity contribution in [3.63, 3.8) is 0 Å². The summed E-state index contributed by atoms with van der Waals surface area (Å²) in [5.41, 5.74) is -5.17. The van der Waals surface area contributed by atoms with Crippen molar-refractivity contribution in [3.05, 3.63) is 93.0 Å². The number of aliphatic hydroxyl groups is 2. The lowest BCUT2D eigenvalue weighted by Gasteiger charge is -2.23. The summed E-state index contributed by atoms with van der Waals surface area (Å²) in [5.74, 6) is -2.07. The number of aliphatic hydroxyl groups excluding tert-OH is 1. The Labute approximate surface area is 321 Å². The van der Waals surface area contributed by atoms with Crippen LogP contribution in [0.5, 0.6) is 0 Å². The van der Waals surface area contributed by atoms with E-state index >= 15 is 8.78 Å². The third-order valence-electron chi connectivity index (χ3n) is 8.94. The number of rotatable bonds is 8. The molecule has 0 radical (unpaired) electrons. The maximum absolute atomic E-state index is 15.4. The van der Waals surface area contributed by atoms with Gasteiger partial charge in [0.15, 0.2) is 11.5 Å². The third kappa shape index (κ3) is 7.96. The molecule has 1 aliphatic carbocycles. The Kier molecular flexibility index (Phi) is 10.7. The average Bonchev–Trinajstić information content (AvgIpc) is 3.73. The number of nitrogens with zero attached hydrogens (tertiary/aromatic N) is 5. The van der Waals surface area contributed by atoms with Crippen LogP contribution >= 0.6 is 11.6 Å². The number of amides is 1. The second-order valence-corrected chi connectivity index (χ2v) is 15.0. The summed E-state index contributed by atoms with van der Waals surface area (Å²) in [6.45, 7) is 1.60. The Morgan fingerprint density at radius 2 is 1.79 bits per heavy atom. The van der Waals surface area contributed by atoms with Gasteiger partial charge in [0.25, 0.3) is 5.92 Å². The lowest BCUT2D eigenvalue weighted by Crippen LogP contribution is -2.37. The second-order valence-electron chi connectivity index (χ2n) is 13.5. The molecule has 5 aromatic rings. The summed E-state index contributed by atoms with van der Waals surface area (Å²) in [6.07, 6.45) is -5.38. The number of aryl methyl sites for hydroxylation is 1. The highest BCUT2D eigenvalue weighted by atomic mass is 35.5. The molecule has 3 aromatic heterocycles. The van der Waals surface area contributed by atoms with Crippen LogP contribution in [0.4, 0.5) is 41.3 Å². The van der Waals surface area contributed by atoms with Crippen LogP contribution in [0.2, 0.25) is 5.02 Å². The van der Waals surface area contributed by atoms with E-state index in [0.29, 0.717) is 22.5 Å². The molecule has 296 valence electrons. The number of pyridine rings is 1. The standard InChI is InChI=1S/C36H31ClF7N7O4S/c1-17-15-35(40,41)31-26(17)30(36(42,43)44)47-51(31)33(53)46-25(13-18-11-19(38)14-20(39)12-18)28-22(6-5-21(45-28)9-10-34(2,54)16-52)23-7-8-24(37)27-29(23)50(3)48-32(27)49-56(4)55/h5-8,11-12,14,17,25,52,54H,13,15-16H2,1-4H3,(H,46,53)(H,48,49)/t17-,25?,34?,56?/m0/s1. The largest absolute Gasteiger partial charge is 0.435 e. The lowest BCUT2D eigenvalue weighted by molar-refractivity contribution is -0.142. The highest BCUT2D eigenvalue weighted by Gasteiger charge is 2.54. The smallest absolute Gasteiger partial charge is 0.392 e. The molecule has 3 unspecified atom stereocenters. The van der Waals surface area contributed by atoms with Crippen LogP contribution in [0.15, 0.2) is 42.5 Å². The Bertz CT molecular complexity index is 2460. The van der Waals surface area contributed by atoms with E-state index in [2.05, 4.69) is 37.1 Å². The Morgan fingerprint density at radius 3 is 2.41 bits per heavy atom. The topological polar surface area (TPSA) is 147 Å². The summed E-state index contributed by atoms with van der Waals surface area (Å²) < 4.78 is 118. The fourth-order valence-electron chi connectivity index (χ4n) is 6.66. The summed E-state index contributed by atoms with van der Waals surface area (Å²) in [6, 6.07) is 5.21. The zero-order valence-corrected chi connectivity index (χ0v) is 31.3. The van der Waals surface area contributed by atoms with Gasteiger partial charge in [-0.05, 0) is 61.1 Å². The van der Waals surface area contributed by atoms with E-state index in [9.17, 15) is 41.2 Å². The van der Waals surface area contributed by atoms with Crippen molar-refractivity contribution < 1.29 is 49.9 Å². The van der Waals surface area contributed by atoms with Gasteiger partial charge in [0, 0.05) is 42.5 Å². The normalized spacial score (nSPS) is 17.1. The quantitative estimate of drug-likeness (QED) is 0.100. The van der Waals surface area contributed by atoms with Crippen LogP contribution in [-0.4, -0.2) is 63.5 Å². The van der Waals surface area contributed by atoms with E-state index in [-0.39, 0.29) is 38.0 Å². The van der Waals surface area contributed by atoms with Gasteiger partial charge in [0.1, 0.15) is 39.6 Å². The summed E-state index contributed by atoms with van der Waals surface area (Å²) in [4.78, 5) is 18.6. The van der Waals surface area contributed by atoms with E-state index in [1.54, 1.807) is 13.1 Å². The minimum Gasteiger partial charge on any atom is -0.392 e. The Morgan fingerprint density at radius 1 is 1.12 bits per heavy atom. The molecule has 56 heavy (non-hydrogen) atoms. The average molecular weight is 826 g/mol. The van der Waals surface area contributed by atoms with Crippen LogP contribution in [-0.2, 0) is 36.6 Å². The van der Waals surface area contributed by atoms with Gasteiger partial charge in [-0.2, -0.15) is 36.8 Å². The number of carbonyl (C=O) groups excluding carboxylic acids is 1. The molecule has 4 atom stereocenters. The van der Waals surface area contributed by atoms with Crippen LogP contribution in [0.1, 0.15) is 66.1 Å². The molecular formula is C36H31ClF7N7O4S. The molecule has 0 saturated heterocycles. The molecule has 0 saturated carbocycles. The molecule has 1 aliphatic rings. The van der Waals surface area contributed by atoms with E-state index < -0.39 is 94.7 Å². The molecule has 4 N–H and O–H groups in total. The summed E-state index contributed by atoms with van der Waals surface area (Å²) in [5, 5.41) is 30.5. The molecule has 0 fully saturated rings. The molecule has 0 aliphatic heterocycles. The van der Waals surface area contributed by atoms with Gasteiger partial charge in [-0.1, -0.05) is 30.5 Å². The van der Waals surface area contributed by atoms with Crippen molar-refractivity contribution in [1.82, 2.24) is 29.9 Å². The van der Waals surface area contributed by atoms with Gasteiger partial charge in [-0.15, -0.1) is 0 Å². The first-order valence-corrected chi connectivity index (χ1v) is 18.5. The van der Waals surface area contributed by atoms with Crippen LogP contribution < -0.4 is 10.0 Å². The SMILES string of the molecule is C[C@H]1CC(F)(F)c2c1c(C(F)(F)F)nn2C(=O)NC(Cc1cc(F)cc(F)c1)c1nc(C#CC(C)(O)CO)ccc1-c1ccc(Cl)c2c(NS(C)=O)nn(C)c12. The zero-order chi connectivity index (χ0) is 41.1. The number of aromatic nitrogens is 5. The van der Waals surface area contributed by atoms with Crippen LogP contribution in [0.25, 0.3) is 22.0 Å². The first-order chi connectivity index (χ1) is 26.1. The number of anilines is 1. The highest BCUT2D eigenvalue weighted by Crippen LogP contribution is 2.52. The first-order valence-electron chi connectivity index (χ1n) is 16.6. The van der Waals surface area contributed by atoms with Crippen molar-refractivity contribution in [1.29, 1.82) is 0 Å². The third-order valence-corrected chi connectivity index (χ3v) is 9.73. The maximum Gasteiger partial charge on any atom is 0.435 e.